The van der Waals surface area contributed by atoms with Crippen molar-refractivity contribution in [2.75, 3.05) is 5.75 Å². The van der Waals surface area contributed by atoms with E-state index in [-0.39, 0.29) is 23.6 Å². The molecule has 0 unspecified atom stereocenters. The Bertz CT molecular complexity index is 591. The van der Waals surface area contributed by atoms with Crippen LogP contribution in [0.15, 0.2) is 44.9 Å². The molecule has 1 heterocycles. The highest BCUT2D eigenvalue weighted by Gasteiger charge is 2.13. The second kappa shape index (κ2) is 6.56. The van der Waals surface area contributed by atoms with Gasteiger partial charge in [-0.05, 0) is 43.5 Å². The number of rotatable bonds is 5. The molecule has 0 aliphatic rings. The van der Waals surface area contributed by atoms with Gasteiger partial charge in [-0.1, -0.05) is 17.7 Å². The number of nitrogens with zero attached hydrogens (tertiary/aromatic N) is 3. The first kappa shape index (κ1) is 14.6. The van der Waals surface area contributed by atoms with Crippen molar-refractivity contribution in [2.24, 2.45) is 4.99 Å². The molecule has 0 atom stereocenters. The van der Waals surface area contributed by atoms with Crippen LogP contribution in [0.3, 0.4) is 0 Å². The second-order valence-corrected chi connectivity index (χ2v) is 5.77. The zero-order chi connectivity index (χ0) is 14.5. The Hall–Kier alpha value is -1.82. The molecule has 0 fully saturated rings. The van der Waals surface area contributed by atoms with Crippen LogP contribution >= 0.6 is 11.8 Å². The minimum Gasteiger partial charge on any atom is -0.861 e. The summed E-state index contributed by atoms with van der Waals surface area (Å²) in [5.74, 6) is 0.293. The molecule has 106 valence electrons. The van der Waals surface area contributed by atoms with Gasteiger partial charge in [0.05, 0.1) is 0 Å². The van der Waals surface area contributed by atoms with E-state index in [1.165, 1.54) is 17.3 Å². The minimum atomic E-state index is -0.234. The Morgan fingerprint density at radius 3 is 2.70 bits per heavy atom. The van der Waals surface area contributed by atoms with Crippen LogP contribution in [-0.2, 0) is 0 Å². The van der Waals surface area contributed by atoms with Gasteiger partial charge in [-0.15, -0.1) is 11.8 Å². The van der Waals surface area contributed by atoms with Crippen LogP contribution in [-0.4, -0.2) is 16.9 Å². The monoisotopic (exact) mass is 291 g/mol. The molecule has 1 aromatic heterocycles. The summed E-state index contributed by atoms with van der Waals surface area (Å²) in [5.41, 5.74) is 1.20. The molecule has 6 heteroatoms. The van der Waals surface area contributed by atoms with E-state index < -0.39 is 0 Å². The number of benzene rings is 1. The Morgan fingerprint density at radius 1 is 1.40 bits per heavy atom. The van der Waals surface area contributed by atoms with E-state index in [0.717, 1.165) is 4.90 Å². The van der Waals surface area contributed by atoms with Gasteiger partial charge in [0, 0.05) is 10.6 Å². The number of hydrogen-bond acceptors (Lipinski definition) is 5. The highest BCUT2D eigenvalue weighted by Crippen LogP contribution is 2.18. The summed E-state index contributed by atoms with van der Waals surface area (Å²) in [5, 5.41) is 15.5. The van der Waals surface area contributed by atoms with Gasteiger partial charge >= 0.3 is 5.88 Å². The fourth-order valence-electron chi connectivity index (χ4n) is 1.48. The van der Waals surface area contributed by atoms with Crippen LogP contribution in [0.2, 0.25) is 0 Å². The zero-order valence-electron chi connectivity index (χ0n) is 11.7. The van der Waals surface area contributed by atoms with E-state index in [2.05, 4.69) is 10.3 Å². The lowest BCUT2D eigenvalue weighted by Crippen LogP contribution is -2.36. The van der Waals surface area contributed by atoms with Gasteiger partial charge in [-0.2, -0.15) is 0 Å². The van der Waals surface area contributed by atoms with Crippen LogP contribution < -0.4 is 9.79 Å². The first-order valence-electron chi connectivity index (χ1n) is 6.37. The van der Waals surface area contributed by atoms with E-state index in [9.17, 15) is 5.11 Å². The molecule has 0 amide bonds. The lowest BCUT2D eigenvalue weighted by molar-refractivity contribution is -0.779. The van der Waals surface area contributed by atoms with E-state index in [1.54, 1.807) is 10.9 Å². The highest BCUT2D eigenvalue weighted by molar-refractivity contribution is 8.00. The second-order valence-electron chi connectivity index (χ2n) is 4.72. The summed E-state index contributed by atoms with van der Waals surface area (Å²) in [7, 11) is 0. The Kier molecular flexibility index (Phi) is 4.79. The summed E-state index contributed by atoms with van der Waals surface area (Å²) >= 11 is 1.46. The third kappa shape index (κ3) is 4.09. The maximum absolute atomic E-state index is 11.7. The summed E-state index contributed by atoms with van der Waals surface area (Å²) in [6, 6.07) is 8.21. The average Bonchev–Trinajstić information content (AvgIpc) is 2.87. The predicted octanol–water partition coefficient (Wildman–Crippen LogP) is 2.03. The quantitative estimate of drug-likeness (QED) is 0.366. The summed E-state index contributed by atoms with van der Waals surface area (Å²) < 4.78 is 6.60. The SMILES string of the molecule is Cc1ccc(SC/C([O-])=N/c2c[n+](C(C)C)no2)cc1. The van der Waals surface area contributed by atoms with Gasteiger partial charge in [0.1, 0.15) is 0 Å². The molecule has 0 saturated heterocycles. The third-order valence-corrected chi connectivity index (χ3v) is 3.62. The average molecular weight is 291 g/mol. The fourth-order valence-corrected chi connectivity index (χ4v) is 2.16. The van der Waals surface area contributed by atoms with Gasteiger partial charge < -0.3 is 5.11 Å². The van der Waals surface area contributed by atoms with Crippen molar-refractivity contribution in [2.45, 2.75) is 31.7 Å². The number of aromatic nitrogens is 2. The van der Waals surface area contributed by atoms with E-state index >= 15 is 0 Å². The molecule has 20 heavy (non-hydrogen) atoms. The molecule has 0 spiro atoms. The number of thioether (sulfide) groups is 1. The van der Waals surface area contributed by atoms with Crippen LogP contribution in [0.1, 0.15) is 25.5 Å². The topological polar surface area (TPSA) is 65.3 Å². The van der Waals surface area contributed by atoms with Gasteiger partial charge in [0.25, 0.3) is 6.20 Å². The van der Waals surface area contributed by atoms with Gasteiger partial charge in [0.2, 0.25) is 5.27 Å². The number of hydrogen-bond donors (Lipinski definition) is 0. The molecule has 0 bridgehead atoms. The zero-order valence-corrected chi connectivity index (χ0v) is 12.6. The third-order valence-electron chi connectivity index (χ3n) is 2.62. The maximum atomic E-state index is 11.7. The molecule has 0 N–H and O–H groups in total. The number of aryl methyl sites for hydroxylation is 1. The number of aliphatic imine (C=N–C) groups is 1. The molecule has 0 radical (unpaired) electrons. The van der Waals surface area contributed by atoms with Crippen molar-refractivity contribution in [3.8, 4) is 0 Å². The van der Waals surface area contributed by atoms with Gasteiger partial charge in [-0.3, -0.25) is 4.52 Å². The molecule has 2 rings (SSSR count). The molecule has 0 aliphatic heterocycles. The Morgan fingerprint density at radius 2 is 2.10 bits per heavy atom. The minimum absolute atomic E-state index is 0.180. The van der Waals surface area contributed by atoms with E-state index in [0.29, 0.717) is 0 Å². The van der Waals surface area contributed by atoms with Crippen molar-refractivity contribution in [3.05, 3.63) is 36.0 Å². The highest BCUT2D eigenvalue weighted by atomic mass is 32.2. The lowest BCUT2D eigenvalue weighted by atomic mass is 10.2. The van der Waals surface area contributed by atoms with Crippen molar-refractivity contribution in [1.82, 2.24) is 5.27 Å². The summed E-state index contributed by atoms with van der Waals surface area (Å²) in [4.78, 5) is 4.93. The van der Waals surface area contributed by atoms with Gasteiger partial charge in [-0.25, -0.2) is 4.99 Å². The van der Waals surface area contributed by atoms with Crippen molar-refractivity contribution in [1.29, 1.82) is 0 Å². The van der Waals surface area contributed by atoms with Crippen LogP contribution in [0.4, 0.5) is 5.88 Å². The van der Waals surface area contributed by atoms with Gasteiger partial charge in [0.15, 0.2) is 6.04 Å². The predicted molar refractivity (Wildman–Crippen MR) is 76.1 cm³/mol. The molecule has 1 aromatic carbocycles. The lowest BCUT2D eigenvalue weighted by Gasteiger charge is -2.08. The van der Waals surface area contributed by atoms with Crippen LogP contribution in [0, 0.1) is 6.92 Å². The molecule has 0 aliphatic carbocycles. The molecule has 5 nitrogen and oxygen atoms in total. The van der Waals surface area contributed by atoms with Crippen LogP contribution in [0.25, 0.3) is 0 Å². The molecular formula is C14H17N3O2S. The standard InChI is InChI=1S/C14H17N3O2S/c1-10(2)17-8-14(19-16-17)15-13(18)9-20-12-6-4-11(3)5-7-12/h4-8,10H,9H2,1-3H3. The molecule has 2 aromatic rings. The smallest absolute Gasteiger partial charge is 0.320 e. The normalized spacial score (nSPS) is 12.1. The van der Waals surface area contributed by atoms with E-state index in [4.69, 9.17) is 4.52 Å². The first-order chi connectivity index (χ1) is 9.54. The maximum Gasteiger partial charge on any atom is 0.320 e. The van der Waals surface area contributed by atoms with Crippen molar-refractivity contribution >= 4 is 23.5 Å². The first-order valence-corrected chi connectivity index (χ1v) is 7.35. The molecule has 0 saturated carbocycles. The van der Waals surface area contributed by atoms with Crippen molar-refractivity contribution < 1.29 is 14.3 Å². The summed E-state index contributed by atoms with van der Waals surface area (Å²) in [6.45, 7) is 5.98. The van der Waals surface area contributed by atoms with Crippen molar-refractivity contribution in [3.63, 3.8) is 0 Å². The van der Waals surface area contributed by atoms with Crippen LogP contribution in [0.5, 0.6) is 0 Å². The Balaban J connectivity index is 1.94. The summed E-state index contributed by atoms with van der Waals surface area (Å²) in [6.07, 6.45) is 1.62. The molecular weight excluding hydrogens is 274 g/mol. The van der Waals surface area contributed by atoms with E-state index in [1.807, 2.05) is 45.0 Å². The Labute approximate surface area is 122 Å². The largest absolute Gasteiger partial charge is 0.861 e. The fraction of sp³-hybridized carbons (Fsp3) is 0.357.